The predicted octanol–water partition coefficient (Wildman–Crippen LogP) is 2.60. The number of likely N-dealkylation sites (tertiary alicyclic amines) is 1. The number of nitrogens with one attached hydrogen (secondary N) is 1. The minimum atomic E-state index is -0.318. The normalized spacial score (nSPS) is 25.5. The number of hydrogen-bond donors (Lipinski definition) is 1. The van der Waals surface area contributed by atoms with E-state index in [2.05, 4.69) is 10.2 Å². The molecule has 2 atom stereocenters. The Balaban J connectivity index is 1.54. The van der Waals surface area contributed by atoms with Crippen LogP contribution in [0.1, 0.15) is 24.8 Å². The van der Waals surface area contributed by atoms with Crippen LogP contribution in [0.4, 0.5) is 4.39 Å². The number of piperidine rings is 1. The lowest BCUT2D eigenvalue weighted by Crippen LogP contribution is -2.49. The first-order valence-electron chi connectivity index (χ1n) is 8.16. The minimum absolute atomic E-state index is 0.00285. The molecule has 0 spiro atoms. The summed E-state index contributed by atoms with van der Waals surface area (Å²) in [4.78, 5) is 14.5. The van der Waals surface area contributed by atoms with Crippen molar-refractivity contribution in [3.63, 3.8) is 0 Å². The van der Waals surface area contributed by atoms with Crippen LogP contribution < -0.4 is 5.32 Å². The molecule has 4 nitrogen and oxygen atoms in total. The van der Waals surface area contributed by atoms with Gasteiger partial charge in [-0.15, -0.1) is 0 Å². The Kier molecular flexibility index (Phi) is 5.51. The minimum Gasteiger partial charge on any atom is -0.381 e. The molecule has 126 valence electrons. The molecule has 2 fully saturated rings. The van der Waals surface area contributed by atoms with Gasteiger partial charge in [-0.25, -0.2) is 4.39 Å². The van der Waals surface area contributed by atoms with E-state index in [4.69, 9.17) is 16.3 Å². The smallest absolute Gasteiger partial charge is 0.225 e. The largest absolute Gasteiger partial charge is 0.381 e. The lowest BCUT2D eigenvalue weighted by Gasteiger charge is -2.33. The number of amides is 1. The third-order valence-corrected chi connectivity index (χ3v) is 4.91. The second-order valence-electron chi connectivity index (χ2n) is 6.38. The molecule has 2 heterocycles. The van der Waals surface area contributed by atoms with Gasteiger partial charge >= 0.3 is 0 Å². The summed E-state index contributed by atoms with van der Waals surface area (Å²) in [6, 6.07) is 4.68. The SMILES string of the molecule is O=C(N[C@@H]1CCCN(Cc2ccc(F)cc2Cl)C1)[C@H]1CCOC1. The van der Waals surface area contributed by atoms with Gasteiger partial charge < -0.3 is 10.1 Å². The van der Waals surface area contributed by atoms with Crippen LogP contribution in [0.3, 0.4) is 0 Å². The first-order chi connectivity index (χ1) is 11.1. The van der Waals surface area contributed by atoms with Crippen molar-refractivity contribution in [1.29, 1.82) is 0 Å². The maximum absolute atomic E-state index is 13.1. The fourth-order valence-corrected chi connectivity index (χ4v) is 3.50. The Morgan fingerprint density at radius 3 is 3.04 bits per heavy atom. The fraction of sp³-hybridized carbons (Fsp3) is 0.588. The Hall–Kier alpha value is -1.17. The van der Waals surface area contributed by atoms with E-state index in [0.29, 0.717) is 24.8 Å². The lowest BCUT2D eigenvalue weighted by atomic mass is 10.0. The van der Waals surface area contributed by atoms with E-state index in [-0.39, 0.29) is 23.7 Å². The fourth-order valence-electron chi connectivity index (χ4n) is 3.27. The second kappa shape index (κ2) is 7.60. The monoisotopic (exact) mass is 340 g/mol. The Morgan fingerprint density at radius 2 is 2.30 bits per heavy atom. The van der Waals surface area contributed by atoms with Crippen LogP contribution in [-0.4, -0.2) is 43.2 Å². The molecule has 2 aliphatic rings. The van der Waals surface area contributed by atoms with Crippen LogP contribution in [0.25, 0.3) is 0 Å². The molecule has 0 unspecified atom stereocenters. The van der Waals surface area contributed by atoms with Crippen LogP contribution >= 0.6 is 11.6 Å². The summed E-state index contributed by atoms with van der Waals surface area (Å²) in [6.45, 7) is 3.66. The van der Waals surface area contributed by atoms with Gasteiger partial charge in [-0.3, -0.25) is 9.69 Å². The molecule has 0 saturated carbocycles. The molecule has 23 heavy (non-hydrogen) atoms. The van der Waals surface area contributed by atoms with Gasteiger partial charge in [0.25, 0.3) is 0 Å². The van der Waals surface area contributed by atoms with E-state index in [0.717, 1.165) is 37.9 Å². The van der Waals surface area contributed by atoms with E-state index in [1.165, 1.54) is 12.1 Å². The van der Waals surface area contributed by atoms with Crippen LogP contribution in [0, 0.1) is 11.7 Å². The first-order valence-corrected chi connectivity index (χ1v) is 8.54. The number of ether oxygens (including phenoxy) is 1. The zero-order valence-electron chi connectivity index (χ0n) is 13.1. The summed E-state index contributed by atoms with van der Waals surface area (Å²) in [5.74, 6) is -0.215. The van der Waals surface area contributed by atoms with E-state index in [9.17, 15) is 9.18 Å². The average Bonchev–Trinajstić information content (AvgIpc) is 3.05. The van der Waals surface area contributed by atoms with E-state index >= 15 is 0 Å². The zero-order valence-corrected chi connectivity index (χ0v) is 13.8. The average molecular weight is 341 g/mol. The molecule has 1 aromatic rings. The van der Waals surface area contributed by atoms with E-state index in [1.807, 2.05) is 0 Å². The molecule has 2 aliphatic heterocycles. The number of nitrogens with zero attached hydrogens (tertiary/aromatic N) is 1. The molecule has 1 aromatic carbocycles. The second-order valence-corrected chi connectivity index (χ2v) is 6.79. The summed E-state index contributed by atoms with van der Waals surface area (Å²) in [5, 5.41) is 3.60. The van der Waals surface area contributed by atoms with Gasteiger partial charge in [0.1, 0.15) is 5.82 Å². The molecule has 0 aliphatic carbocycles. The maximum atomic E-state index is 13.1. The first kappa shape index (κ1) is 16.7. The van der Waals surface area contributed by atoms with Crippen molar-refractivity contribution in [2.24, 2.45) is 5.92 Å². The lowest BCUT2D eigenvalue weighted by molar-refractivity contribution is -0.126. The molecular formula is C17H22ClFN2O2. The van der Waals surface area contributed by atoms with Crippen molar-refractivity contribution in [3.05, 3.63) is 34.6 Å². The number of benzene rings is 1. The van der Waals surface area contributed by atoms with Crippen molar-refractivity contribution in [3.8, 4) is 0 Å². The number of rotatable bonds is 4. The third-order valence-electron chi connectivity index (χ3n) is 4.56. The Bertz CT molecular complexity index is 564. The van der Waals surface area contributed by atoms with Crippen molar-refractivity contribution in [2.75, 3.05) is 26.3 Å². The van der Waals surface area contributed by atoms with E-state index < -0.39 is 0 Å². The molecule has 1 amide bonds. The van der Waals surface area contributed by atoms with Crippen LogP contribution in [0.5, 0.6) is 0 Å². The predicted molar refractivity (Wildman–Crippen MR) is 86.8 cm³/mol. The summed E-state index contributed by atoms with van der Waals surface area (Å²) in [7, 11) is 0. The summed E-state index contributed by atoms with van der Waals surface area (Å²) in [6.07, 6.45) is 2.84. The highest BCUT2D eigenvalue weighted by Gasteiger charge is 2.27. The highest BCUT2D eigenvalue weighted by Crippen LogP contribution is 2.21. The number of halogens is 2. The van der Waals surface area contributed by atoms with Crippen molar-refractivity contribution >= 4 is 17.5 Å². The van der Waals surface area contributed by atoms with E-state index in [1.54, 1.807) is 6.07 Å². The molecule has 6 heteroatoms. The van der Waals surface area contributed by atoms with Crippen LogP contribution in [-0.2, 0) is 16.1 Å². The van der Waals surface area contributed by atoms with Gasteiger partial charge in [-0.05, 0) is 43.5 Å². The number of hydrogen-bond acceptors (Lipinski definition) is 3. The quantitative estimate of drug-likeness (QED) is 0.916. The standard InChI is InChI=1S/C17H22ClFN2O2/c18-16-8-14(19)4-3-12(16)9-21-6-1-2-15(10-21)20-17(22)13-5-7-23-11-13/h3-4,8,13,15H,1-2,5-7,9-11H2,(H,20,22)/t13-,15+/m0/s1. The van der Waals surface area contributed by atoms with Gasteiger partial charge in [-0.1, -0.05) is 17.7 Å². The maximum Gasteiger partial charge on any atom is 0.225 e. The van der Waals surface area contributed by atoms with Crippen LogP contribution in [0.15, 0.2) is 18.2 Å². The molecule has 0 bridgehead atoms. The zero-order chi connectivity index (χ0) is 16.2. The van der Waals surface area contributed by atoms with Gasteiger partial charge in [0.05, 0.1) is 12.5 Å². The van der Waals surface area contributed by atoms with Crippen molar-refractivity contribution in [2.45, 2.75) is 31.8 Å². The van der Waals surface area contributed by atoms with Crippen LogP contribution in [0.2, 0.25) is 5.02 Å². The molecule has 0 radical (unpaired) electrons. The summed E-state index contributed by atoms with van der Waals surface area (Å²) in [5.41, 5.74) is 0.921. The Morgan fingerprint density at radius 1 is 1.43 bits per heavy atom. The highest BCUT2D eigenvalue weighted by molar-refractivity contribution is 6.31. The van der Waals surface area contributed by atoms with Gasteiger partial charge in [-0.2, -0.15) is 0 Å². The van der Waals surface area contributed by atoms with Gasteiger partial charge in [0.2, 0.25) is 5.91 Å². The third kappa shape index (κ3) is 4.43. The Labute approximate surface area is 140 Å². The topological polar surface area (TPSA) is 41.6 Å². The number of carbonyl (C=O) groups excluding carboxylic acids is 1. The number of carbonyl (C=O) groups is 1. The molecular weight excluding hydrogens is 319 g/mol. The van der Waals surface area contributed by atoms with Crippen molar-refractivity contribution < 1.29 is 13.9 Å². The van der Waals surface area contributed by atoms with Gasteiger partial charge in [0.15, 0.2) is 0 Å². The summed E-state index contributed by atoms with van der Waals surface area (Å²) < 4.78 is 18.4. The highest BCUT2D eigenvalue weighted by atomic mass is 35.5. The van der Waals surface area contributed by atoms with Gasteiger partial charge in [0, 0.05) is 30.8 Å². The van der Waals surface area contributed by atoms with Crippen molar-refractivity contribution in [1.82, 2.24) is 10.2 Å². The molecule has 2 saturated heterocycles. The molecule has 1 N–H and O–H groups in total. The molecule has 3 rings (SSSR count). The molecule has 0 aromatic heterocycles. The summed E-state index contributed by atoms with van der Waals surface area (Å²) >= 11 is 6.11.